The minimum atomic E-state index is -0.661. The predicted octanol–water partition coefficient (Wildman–Crippen LogP) is 1.18. The minimum Gasteiger partial charge on any atom is -0.546 e. The summed E-state index contributed by atoms with van der Waals surface area (Å²) in [5, 5.41) is 0. The van der Waals surface area contributed by atoms with Gasteiger partial charge in [-0.3, -0.25) is 9.07 Å². The SMILES string of the molecule is CC(C)[O][Mg][Cl]. The molecule has 0 aliphatic rings. The lowest BCUT2D eigenvalue weighted by Crippen LogP contribution is -2.01. The molecule has 0 N–H and O–H groups in total. The average Bonchev–Trinajstić information content (AvgIpc) is 1.35. The molecule has 0 aromatic heterocycles. The third kappa shape index (κ3) is 5.02. The Labute approximate surface area is 52.0 Å². The zero-order chi connectivity index (χ0) is 4.99. The summed E-state index contributed by atoms with van der Waals surface area (Å²) in [7, 11) is 5.31. The molecular weight excluding hydrogens is 112 g/mol. The molecule has 0 bridgehead atoms. The molecule has 0 aromatic rings. The maximum atomic E-state index is 5.31. The number of hydrogen-bond acceptors (Lipinski definition) is 1. The van der Waals surface area contributed by atoms with E-state index in [4.69, 9.17) is 12.2 Å². The minimum absolute atomic E-state index is 0.328. The Kier molecular flexibility index (Phi) is 4.89. The summed E-state index contributed by atoms with van der Waals surface area (Å²) in [6, 6.07) is 0. The van der Waals surface area contributed by atoms with Gasteiger partial charge in [-0.25, -0.2) is 0 Å². The van der Waals surface area contributed by atoms with E-state index in [9.17, 15) is 0 Å². The molecule has 0 aliphatic heterocycles. The Morgan fingerprint density at radius 3 is 2.17 bits per heavy atom. The molecule has 0 spiro atoms. The third-order valence-electron chi connectivity index (χ3n) is 0.396. The van der Waals surface area contributed by atoms with E-state index in [0.29, 0.717) is 6.10 Å². The molecule has 0 radical (unpaired) electrons. The molecule has 0 saturated heterocycles. The Morgan fingerprint density at radius 1 is 1.67 bits per heavy atom. The van der Waals surface area contributed by atoms with Crippen molar-refractivity contribution in [3.05, 3.63) is 0 Å². The molecule has 6 heavy (non-hydrogen) atoms. The second kappa shape index (κ2) is 4.18. The van der Waals surface area contributed by atoms with Crippen molar-refractivity contribution in [3.8, 4) is 0 Å². The van der Waals surface area contributed by atoms with Crippen LogP contribution < -0.4 is 0 Å². The molecule has 0 unspecified atom stereocenters. The smallest absolute Gasteiger partial charge is 0.546 e. The molecule has 0 atom stereocenters. The largest absolute Gasteiger partial charge is 0.702 e. The fraction of sp³-hybridized carbons (Fsp3) is 1.00. The molecular formula is C3H7ClMgO. The van der Waals surface area contributed by atoms with Crippen molar-refractivity contribution in [2.45, 2.75) is 20.0 Å². The maximum Gasteiger partial charge on any atom is 0.702 e. The van der Waals surface area contributed by atoms with Crippen molar-refractivity contribution < 1.29 is 3.17 Å². The van der Waals surface area contributed by atoms with Crippen LogP contribution in [0, 0.1) is 0 Å². The fourth-order valence-corrected chi connectivity index (χ4v) is 1.13. The first-order valence-corrected chi connectivity index (χ1v) is 4.66. The highest BCUT2D eigenvalue weighted by Gasteiger charge is 1.91. The Balaban J connectivity index is 2.63. The van der Waals surface area contributed by atoms with Gasteiger partial charge in [0.05, 0.1) is 0 Å². The summed E-state index contributed by atoms with van der Waals surface area (Å²) < 4.78 is 4.95. The van der Waals surface area contributed by atoms with E-state index in [1.807, 2.05) is 13.8 Å². The second-order valence-electron chi connectivity index (χ2n) is 1.32. The molecule has 0 heterocycles. The monoisotopic (exact) mass is 118 g/mol. The van der Waals surface area contributed by atoms with E-state index in [0.717, 1.165) is 0 Å². The van der Waals surface area contributed by atoms with E-state index in [-0.39, 0.29) is 0 Å². The van der Waals surface area contributed by atoms with Gasteiger partial charge in [0.25, 0.3) is 0 Å². The fourth-order valence-electron chi connectivity index (χ4n) is 0.126. The lowest BCUT2D eigenvalue weighted by Gasteiger charge is -2.01. The van der Waals surface area contributed by atoms with Crippen molar-refractivity contribution in [1.82, 2.24) is 0 Å². The van der Waals surface area contributed by atoms with Gasteiger partial charge < -0.3 is 3.17 Å². The summed E-state index contributed by atoms with van der Waals surface area (Å²) in [5.74, 6) is 0. The van der Waals surface area contributed by atoms with Crippen molar-refractivity contribution in [1.29, 1.82) is 0 Å². The number of rotatable bonds is 2. The van der Waals surface area contributed by atoms with Gasteiger partial charge >= 0.3 is 19.7 Å². The van der Waals surface area contributed by atoms with Crippen LogP contribution in [-0.2, 0) is 3.17 Å². The van der Waals surface area contributed by atoms with Crippen LogP contribution in [0.2, 0.25) is 0 Å². The van der Waals surface area contributed by atoms with E-state index < -0.39 is 19.7 Å². The summed E-state index contributed by atoms with van der Waals surface area (Å²) in [6.07, 6.45) is 0.328. The van der Waals surface area contributed by atoms with E-state index in [2.05, 4.69) is 0 Å². The molecule has 0 saturated carbocycles. The Morgan fingerprint density at radius 2 is 2.17 bits per heavy atom. The van der Waals surface area contributed by atoms with Gasteiger partial charge in [-0.1, -0.05) is 0 Å². The summed E-state index contributed by atoms with van der Waals surface area (Å²) in [4.78, 5) is 0. The highest BCUT2D eigenvalue weighted by atomic mass is 35.5. The molecule has 0 fully saturated rings. The lowest BCUT2D eigenvalue weighted by molar-refractivity contribution is 0.263. The standard InChI is InChI=1S/C3H7O.ClH.Mg/c1-3(2)4;;/h3H,1-2H3;1H;/q-1;;+2/p-1. The summed E-state index contributed by atoms with van der Waals surface area (Å²) >= 11 is -0.661. The average molecular weight is 119 g/mol. The van der Waals surface area contributed by atoms with Gasteiger partial charge in [0.15, 0.2) is 0 Å². The van der Waals surface area contributed by atoms with Gasteiger partial charge in [0.1, 0.15) is 0 Å². The Hall–Kier alpha value is 1.02. The molecule has 3 heteroatoms. The summed E-state index contributed by atoms with van der Waals surface area (Å²) in [5.41, 5.74) is 0. The lowest BCUT2D eigenvalue weighted by atomic mass is 10.5. The van der Waals surface area contributed by atoms with E-state index in [1.54, 1.807) is 0 Å². The zero-order valence-corrected chi connectivity index (χ0v) is 6.24. The van der Waals surface area contributed by atoms with Crippen molar-refractivity contribution >= 4 is 28.7 Å². The van der Waals surface area contributed by atoms with Crippen LogP contribution in [0.4, 0.5) is 0 Å². The molecule has 0 aliphatic carbocycles. The van der Waals surface area contributed by atoms with Crippen LogP contribution >= 0.6 is 9.07 Å². The number of halogens is 1. The topological polar surface area (TPSA) is 9.23 Å². The van der Waals surface area contributed by atoms with Gasteiger partial charge in [0.2, 0.25) is 0 Å². The maximum absolute atomic E-state index is 5.31. The molecule has 0 aromatic carbocycles. The van der Waals surface area contributed by atoms with Crippen LogP contribution in [0.5, 0.6) is 0 Å². The molecule has 34 valence electrons. The highest BCUT2D eigenvalue weighted by Crippen LogP contribution is 1.84. The van der Waals surface area contributed by atoms with E-state index in [1.165, 1.54) is 0 Å². The van der Waals surface area contributed by atoms with Crippen molar-refractivity contribution in [3.63, 3.8) is 0 Å². The highest BCUT2D eigenvalue weighted by molar-refractivity contribution is 6.89. The Bertz CT molecular complexity index is 32.0. The van der Waals surface area contributed by atoms with E-state index >= 15 is 0 Å². The number of hydrogen-bond donors (Lipinski definition) is 0. The van der Waals surface area contributed by atoms with Gasteiger partial charge in [0, 0.05) is 6.10 Å². The van der Waals surface area contributed by atoms with Crippen molar-refractivity contribution in [2.75, 3.05) is 0 Å². The van der Waals surface area contributed by atoms with Crippen LogP contribution in [0.15, 0.2) is 0 Å². The normalized spacial score (nSPS) is 8.67. The van der Waals surface area contributed by atoms with Gasteiger partial charge in [-0.05, 0) is 13.8 Å². The summed E-state index contributed by atoms with van der Waals surface area (Å²) in [6.45, 7) is 3.96. The first-order chi connectivity index (χ1) is 2.77. The van der Waals surface area contributed by atoms with Gasteiger partial charge in [-0.15, -0.1) is 0 Å². The van der Waals surface area contributed by atoms with Crippen molar-refractivity contribution in [2.24, 2.45) is 0 Å². The van der Waals surface area contributed by atoms with Crippen LogP contribution in [0.1, 0.15) is 13.8 Å². The second-order valence-corrected chi connectivity index (χ2v) is 2.53. The zero-order valence-electron chi connectivity index (χ0n) is 4.07. The van der Waals surface area contributed by atoms with Crippen LogP contribution in [-0.4, -0.2) is 25.8 Å². The first kappa shape index (κ1) is 7.02. The molecule has 0 rings (SSSR count). The molecule has 1 nitrogen and oxygen atoms in total. The predicted molar refractivity (Wildman–Crippen MR) is 27.8 cm³/mol. The molecule has 0 amide bonds. The quantitative estimate of drug-likeness (QED) is 0.496. The van der Waals surface area contributed by atoms with Crippen LogP contribution in [0.25, 0.3) is 0 Å². The van der Waals surface area contributed by atoms with Gasteiger partial charge in [-0.2, -0.15) is 0 Å². The third-order valence-corrected chi connectivity index (χ3v) is 1.57. The first-order valence-electron chi connectivity index (χ1n) is 1.95. The van der Waals surface area contributed by atoms with Crippen LogP contribution in [0.3, 0.4) is 0 Å².